The number of aryl methyl sites for hydroxylation is 2. The first-order valence-electron chi connectivity index (χ1n) is 10.1. The van der Waals surface area contributed by atoms with Crippen LogP contribution in [0, 0.1) is 13.8 Å². The SMILES string of the molecule is CO.Cc1ccc(Cn2nc(-c3nc(-c4ccc(SC(C)C)cc4)no3)cc2C)cc1. The summed E-state index contributed by atoms with van der Waals surface area (Å²) in [7, 11) is 1.00. The average Bonchev–Trinajstić information content (AvgIpc) is 3.39. The summed E-state index contributed by atoms with van der Waals surface area (Å²) < 4.78 is 7.45. The summed E-state index contributed by atoms with van der Waals surface area (Å²) in [5.41, 5.74) is 5.14. The molecule has 1 N–H and O–H groups in total. The Kier molecular flexibility index (Phi) is 7.65. The van der Waals surface area contributed by atoms with Crippen molar-refractivity contribution in [2.75, 3.05) is 7.11 Å². The molecule has 0 aliphatic carbocycles. The van der Waals surface area contributed by atoms with Crippen LogP contribution in [0.1, 0.15) is 30.7 Å². The quantitative estimate of drug-likeness (QED) is 0.409. The van der Waals surface area contributed by atoms with Crippen LogP contribution < -0.4 is 0 Å². The van der Waals surface area contributed by atoms with Crippen molar-refractivity contribution in [2.24, 2.45) is 0 Å². The van der Waals surface area contributed by atoms with Crippen molar-refractivity contribution < 1.29 is 9.63 Å². The van der Waals surface area contributed by atoms with E-state index in [2.05, 4.69) is 72.4 Å². The molecule has 2 aromatic heterocycles. The molecule has 0 unspecified atom stereocenters. The molecule has 31 heavy (non-hydrogen) atoms. The highest BCUT2D eigenvalue weighted by atomic mass is 32.2. The van der Waals surface area contributed by atoms with E-state index in [4.69, 9.17) is 9.63 Å². The Balaban J connectivity index is 0.00000132. The maximum Gasteiger partial charge on any atom is 0.278 e. The van der Waals surface area contributed by atoms with Crippen LogP contribution in [0.25, 0.3) is 23.0 Å². The van der Waals surface area contributed by atoms with Crippen LogP contribution >= 0.6 is 11.8 Å². The molecule has 0 saturated heterocycles. The first-order chi connectivity index (χ1) is 15.0. The molecule has 4 aromatic rings. The van der Waals surface area contributed by atoms with E-state index in [1.54, 1.807) is 0 Å². The predicted octanol–water partition coefficient (Wildman–Crippen LogP) is 5.37. The number of nitrogens with zero attached hydrogens (tertiary/aromatic N) is 4. The molecule has 0 bridgehead atoms. The summed E-state index contributed by atoms with van der Waals surface area (Å²) >= 11 is 1.83. The maximum absolute atomic E-state index is 7.00. The van der Waals surface area contributed by atoms with E-state index in [-0.39, 0.29) is 0 Å². The normalized spacial score (nSPS) is 10.8. The lowest BCUT2D eigenvalue weighted by Gasteiger charge is -2.04. The summed E-state index contributed by atoms with van der Waals surface area (Å²) in [5.74, 6) is 1.01. The Morgan fingerprint density at radius 1 is 1.00 bits per heavy atom. The van der Waals surface area contributed by atoms with E-state index in [0.717, 1.165) is 18.4 Å². The lowest BCUT2D eigenvalue weighted by Crippen LogP contribution is -2.03. The van der Waals surface area contributed by atoms with E-state index in [1.165, 1.54) is 16.0 Å². The summed E-state index contributed by atoms with van der Waals surface area (Å²) in [6.45, 7) is 9.20. The standard InChI is InChI=1S/C23H24N4OS.CH4O/c1-15(2)29-20-11-9-19(10-12-20)22-24-23(28-26-22)21-13-17(4)27(25-21)14-18-7-5-16(3)6-8-18;1-2/h5-13,15H,14H2,1-4H3;2H,1H3. The molecular formula is C24H28N4O2S. The summed E-state index contributed by atoms with van der Waals surface area (Å²) in [6.07, 6.45) is 0. The summed E-state index contributed by atoms with van der Waals surface area (Å²) in [5, 5.41) is 16.4. The van der Waals surface area contributed by atoms with Crippen LogP contribution in [-0.2, 0) is 6.54 Å². The van der Waals surface area contributed by atoms with Gasteiger partial charge in [-0.15, -0.1) is 11.8 Å². The molecule has 2 aromatic carbocycles. The van der Waals surface area contributed by atoms with Crippen LogP contribution in [0.3, 0.4) is 0 Å². The van der Waals surface area contributed by atoms with Gasteiger partial charge >= 0.3 is 0 Å². The van der Waals surface area contributed by atoms with Crippen LogP contribution in [0.15, 0.2) is 64.0 Å². The molecule has 0 radical (unpaired) electrons. The first-order valence-corrected chi connectivity index (χ1v) is 11.0. The number of rotatable bonds is 6. The number of thioether (sulfide) groups is 1. The zero-order valence-electron chi connectivity index (χ0n) is 18.5. The highest BCUT2D eigenvalue weighted by Crippen LogP contribution is 2.27. The minimum Gasteiger partial charge on any atom is -0.400 e. The highest BCUT2D eigenvalue weighted by Gasteiger charge is 2.15. The second-order valence-corrected chi connectivity index (χ2v) is 9.08. The van der Waals surface area contributed by atoms with Gasteiger partial charge in [-0.1, -0.05) is 48.8 Å². The summed E-state index contributed by atoms with van der Waals surface area (Å²) in [6, 6.07) is 18.7. The van der Waals surface area contributed by atoms with Gasteiger partial charge in [0.1, 0.15) is 0 Å². The van der Waals surface area contributed by atoms with Gasteiger partial charge in [0.25, 0.3) is 5.89 Å². The van der Waals surface area contributed by atoms with E-state index < -0.39 is 0 Å². The van der Waals surface area contributed by atoms with Crippen LogP contribution in [0.2, 0.25) is 0 Å². The van der Waals surface area contributed by atoms with Gasteiger partial charge in [-0.05, 0) is 49.7 Å². The van der Waals surface area contributed by atoms with Gasteiger partial charge in [-0.3, -0.25) is 4.68 Å². The van der Waals surface area contributed by atoms with Crippen molar-refractivity contribution in [2.45, 2.75) is 44.4 Å². The summed E-state index contributed by atoms with van der Waals surface area (Å²) in [4.78, 5) is 5.79. The molecule has 0 amide bonds. The Labute approximate surface area is 187 Å². The second-order valence-electron chi connectivity index (χ2n) is 7.43. The Morgan fingerprint density at radius 2 is 1.68 bits per heavy atom. The largest absolute Gasteiger partial charge is 0.400 e. The van der Waals surface area contributed by atoms with Crippen LogP contribution in [0.5, 0.6) is 0 Å². The predicted molar refractivity (Wildman–Crippen MR) is 125 cm³/mol. The van der Waals surface area contributed by atoms with E-state index in [0.29, 0.717) is 29.2 Å². The molecule has 0 spiro atoms. The molecule has 6 nitrogen and oxygen atoms in total. The molecule has 0 aliphatic rings. The van der Waals surface area contributed by atoms with Crippen molar-refractivity contribution in [3.63, 3.8) is 0 Å². The third kappa shape index (κ3) is 5.83. The lowest BCUT2D eigenvalue weighted by atomic mass is 10.1. The van der Waals surface area contributed by atoms with Crippen molar-refractivity contribution in [3.05, 3.63) is 71.4 Å². The molecular weight excluding hydrogens is 408 g/mol. The van der Waals surface area contributed by atoms with Gasteiger partial charge in [0.15, 0.2) is 5.69 Å². The third-order valence-electron chi connectivity index (χ3n) is 4.56. The van der Waals surface area contributed by atoms with Crippen molar-refractivity contribution >= 4 is 11.8 Å². The number of aliphatic hydroxyl groups excluding tert-OH is 1. The monoisotopic (exact) mass is 436 g/mol. The topological polar surface area (TPSA) is 77.0 Å². The van der Waals surface area contributed by atoms with Gasteiger partial charge < -0.3 is 9.63 Å². The van der Waals surface area contributed by atoms with Gasteiger partial charge in [0.05, 0.1) is 6.54 Å². The smallest absolute Gasteiger partial charge is 0.278 e. The fourth-order valence-electron chi connectivity index (χ4n) is 3.04. The number of aromatic nitrogens is 4. The van der Waals surface area contributed by atoms with Crippen molar-refractivity contribution in [1.29, 1.82) is 0 Å². The zero-order chi connectivity index (χ0) is 22.4. The van der Waals surface area contributed by atoms with Gasteiger partial charge in [0, 0.05) is 28.5 Å². The number of benzene rings is 2. The minimum absolute atomic E-state index is 0.436. The molecule has 4 rings (SSSR count). The van der Waals surface area contributed by atoms with Crippen LogP contribution in [-0.4, -0.2) is 37.4 Å². The first kappa shape index (κ1) is 22.8. The molecule has 162 valence electrons. The fraction of sp³-hybridized carbons (Fsp3) is 0.292. The minimum atomic E-state index is 0.436. The molecule has 2 heterocycles. The third-order valence-corrected chi connectivity index (χ3v) is 5.58. The number of hydrogen-bond acceptors (Lipinski definition) is 6. The Hall–Kier alpha value is -2.90. The number of hydrogen-bond donors (Lipinski definition) is 1. The second kappa shape index (κ2) is 10.4. The van der Waals surface area contributed by atoms with E-state index in [1.807, 2.05) is 41.6 Å². The van der Waals surface area contributed by atoms with Crippen molar-refractivity contribution in [3.8, 4) is 23.0 Å². The molecule has 7 heteroatoms. The van der Waals surface area contributed by atoms with E-state index >= 15 is 0 Å². The lowest BCUT2D eigenvalue weighted by molar-refractivity contribution is 0.399. The van der Waals surface area contributed by atoms with Crippen LogP contribution in [0.4, 0.5) is 0 Å². The fourth-order valence-corrected chi connectivity index (χ4v) is 3.88. The Bertz CT molecular complexity index is 1100. The zero-order valence-corrected chi connectivity index (χ0v) is 19.3. The molecule has 0 aliphatic heterocycles. The molecule has 0 atom stereocenters. The molecule has 0 fully saturated rings. The van der Waals surface area contributed by atoms with Gasteiger partial charge in [-0.2, -0.15) is 10.1 Å². The Morgan fingerprint density at radius 3 is 2.32 bits per heavy atom. The van der Waals surface area contributed by atoms with E-state index in [9.17, 15) is 0 Å². The highest BCUT2D eigenvalue weighted by molar-refractivity contribution is 7.99. The number of aliphatic hydroxyl groups is 1. The van der Waals surface area contributed by atoms with Gasteiger partial charge in [-0.25, -0.2) is 0 Å². The van der Waals surface area contributed by atoms with Crippen molar-refractivity contribution in [1.82, 2.24) is 19.9 Å². The van der Waals surface area contributed by atoms with Gasteiger partial charge in [0.2, 0.25) is 5.82 Å². The maximum atomic E-state index is 7.00. The average molecular weight is 437 g/mol. The molecule has 0 saturated carbocycles.